The normalized spacial score (nSPS) is 27.4. The molecule has 0 amide bonds. The minimum absolute atomic E-state index is 0.0421. The number of rotatable bonds is 2. The van der Waals surface area contributed by atoms with Crippen LogP contribution in [0.4, 0.5) is 0 Å². The number of imidazole rings is 1. The summed E-state index contributed by atoms with van der Waals surface area (Å²) in [6, 6.07) is -0.0421. The van der Waals surface area contributed by atoms with Crippen LogP contribution in [-0.4, -0.2) is 39.6 Å². The van der Waals surface area contributed by atoms with E-state index >= 15 is 0 Å². The van der Waals surface area contributed by atoms with Crippen molar-refractivity contribution >= 4 is 5.97 Å². The number of ether oxygens (including phenoxy) is 1. The molecule has 0 spiro atoms. The highest BCUT2D eigenvalue weighted by Gasteiger charge is 2.37. The predicted molar refractivity (Wildman–Crippen MR) is 68.7 cm³/mol. The van der Waals surface area contributed by atoms with Gasteiger partial charge in [-0.3, -0.25) is 9.69 Å². The Morgan fingerprint density at radius 3 is 2.84 bits per heavy atom. The summed E-state index contributed by atoms with van der Waals surface area (Å²) in [6.45, 7) is 2.31. The number of carbonyl (C=O) groups is 1. The minimum atomic E-state index is -0.0539. The van der Waals surface area contributed by atoms with E-state index in [1.807, 2.05) is 0 Å². The van der Waals surface area contributed by atoms with Crippen LogP contribution in [0.1, 0.15) is 42.4 Å². The fourth-order valence-electron chi connectivity index (χ4n) is 3.36. The highest BCUT2D eigenvalue weighted by Crippen LogP contribution is 2.40. The van der Waals surface area contributed by atoms with Gasteiger partial charge < -0.3 is 9.30 Å². The van der Waals surface area contributed by atoms with Crippen LogP contribution in [-0.2, 0) is 29.5 Å². The number of carbonyl (C=O) groups excluding carboxylic acids is 1. The van der Waals surface area contributed by atoms with Crippen LogP contribution >= 0.6 is 0 Å². The third-order valence-electron chi connectivity index (χ3n) is 4.61. The third-order valence-corrected chi connectivity index (χ3v) is 4.61. The van der Waals surface area contributed by atoms with Crippen molar-refractivity contribution in [1.82, 2.24) is 14.5 Å². The van der Waals surface area contributed by atoms with Gasteiger partial charge in [-0.15, -0.1) is 0 Å². The molecule has 2 fully saturated rings. The molecule has 1 aromatic rings. The lowest BCUT2D eigenvalue weighted by Gasteiger charge is -2.29. The topological polar surface area (TPSA) is 47.4 Å². The second kappa shape index (κ2) is 4.07. The zero-order chi connectivity index (χ0) is 13.0. The molecule has 5 heteroatoms. The quantitative estimate of drug-likeness (QED) is 0.744. The lowest BCUT2D eigenvalue weighted by atomic mass is 10.1. The van der Waals surface area contributed by atoms with E-state index in [-0.39, 0.29) is 12.0 Å². The minimum Gasteiger partial charge on any atom is -0.464 e. The van der Waals surface area contributed by atoms with Gasteiger partial charge in [0.1, 0.15) is 11.9 Å². The molecule has 1 aromatic heterocycles. The molecule has 0 radical (unpaired) electrons. The summed E-state index contributed by atoms with van der Waals surface area (Å²) in [4.78, 5) is 18.8. The molecule has 0 aromatic carbocycles. The number of hydrogen-bond donors (Lipinski definition) is 0. The van der Waals surface area contributed by atoms with Gasteiger partial charge in [0.05, 0.1) is 12.3 Å². The van der Waals surface area contributed by atoms with E-state index in [1.165, 1.54) is 30.1 Å². The van der Waals surface area contributed by atoms with Crippen molar-refractivity contribution in [2.75, 3.05) is 13.2 Å². The molecule has 5 nitrogen and oxygen atoms in total. The van der Waals surface area contributed by atoms with Gasteiger partial charge in [-0.25, -0.2) is 4.98 Å². The first-order valence-corrected chi connectivity index (χ1v) is 7.19. The Morgan fingerprint density at radius 1 is 1.32 bits per heavy atom. The average molecular weight is 261 g/mol. The van der Waals surface area contributed by atoms with E-state index in [4.69, 9.17) is 9.72 Å². The molecule has 1 atom stereocenters. The van der Waals surface area contributed by atoms with Crippen molar-refractivity contribution in [2.45, 2.75) is 44.2 Å². The number of esters is 1. The number of fused-ring (bicyclic) bond motifs is 1. The zero-order valence-electron chi connectivity index (χ0n) is 11.3. The van der Waals surface area contributed by atoms with Gasteiger partial charge in [-0.2, -0.15) is 0 Å². The van der Waals surface area contributed by atoms with Gasteiger partial charge in [-0.1, -0.05) is 0 Å². The first-order chi connectivity index (χ1) is 9.24. The van der Waals surface area contributed by atoms with Gasteiger partial charge in [0, 0.05) is 44.6 Å². The van der Waals surface area contributed by atoms with Crippen molar-refractivity contribution in [3.63, 3.8) is 0 Å². The number of hydrogen-bond acceptors (Lipinski definition) is 4. The fourth-order valence-corrected chi connectivity index (χ4v) is 3.36. The van der Waals surface area contributed by atoms with E-state index in [1.54, 1.807) is 0 Å². The molecule has 1 saturated carbocycles. The fraction of sp³-hybridized carbons (Fsp3) is 0.714. The molecular formula is C14H19N3O2. The molecule has 102 valence electrons. The highest BCUT2D eigenvalue weighted by atomic mass is 16.5. The summed E-state index contributed by atoms with van der Waals surface area (Å²) in [5.74, 6) is 1.88. The highest BCUT2D eigenvalue weighted by molar-refractivity contribution is 5.77. The molecule has 3 heterocycles. The molecule has 1 aliphatic carbocycles. The Bertz CT molecular complexity index is 533. The smallest absolute Gasteiger partial charge is 0.323 e. The number of aromatic nitrogens is 2. The predicted octanol–water partition coefficient (Wildman–Crippen LogP) is 0.971. The Hall–Kier alpha value is -1.36. The second-order valence-corrected chi connectivity index (χ2v) is 5.89. The van der Waals surface area contributed by atoms with Crippen molar-refractivity contribution < 1.29 is 9.53 Å². The zero-order valence-corrected chi connectivity index (χ0v) is 11.3. The molecular weight excluding hydrogens is 242 g/mol. The third kappa shape index (κ3) is 1.79. The SMILES string of the molecule is Cn1c(C2CC2)nc2c1CCN([C@@H]1CCOC1=O)C2. The standard InChI is InChI=1S/C14H19N3O2/c1-16-11-4-6-17(12-5-7-19-14(12)18)8-10(11)15-13(16)9-2-3-9/h9,12H,2-8H2,1H3/t12-/m1/s1. The first kappa shape index (κ1) is 11.5. The maximum absolute atomic E-state index is 11.7. The summed E-state index contributed by atoms with van der Waals surface area (Å²) >= 11 is 0. The number of nitrogens with zero attached hydrogens (tertiary/aromatic N) is 3. The largest absolute Gasteiger partial charge is 0.464 e. The van der Waals surface area contributed by atoms with E-state index < -0.39 is 0 Å². The van der Waals surface area contributed by atoms with Crippen LogP contribution in [0.2, 0.25) is 0 Å². The lowest BCUT2D eigenvalue weighted by molar-refractivity contribution is -0.142. The van der Waals surface area contributed by atoms with Crippen LogP contribution in [0, 0.1) is 0 Å². The van der Waals surface area contributed by atoms with E-state index in [0.717, 1.165) is 25.9 Å². The average Bonchev–Trinajstić information content (AvgIpc) is 3.09. The van der Waals surface area contributed by atoms with E-state index in [0.29, 0.717) is 12.5 Å². The monoisotopic (exact) mass is 261 g/mol. The van der Waals surface area contributed by atoms with Crippen LogP contribution in [0.15, 0.2) is 0 Å². The number of cyclic esters (lactones) is 1. The summed E-state index contributed by atoms with van der Waals surface area (Å²) in [5, 5.41) is 0. The molecule has 3 aliphatic rings. The summed E-state index contributed by atoms with van der Waals surface area (Å²) in [6.07, 6.45) is 4.39. The molecule has 2 aliphatic heterocycles. The maximum Gasteiger partial charge on any atom is 0.323 e. The lowest BCUT2D eigenvalue weighted by Crippen LogP contribution is -2.42. The Morgan fingerprint density at radius 2 is 2.16 bits per heavy atom. The van der Waals surface area contributed by atoms with Gasteiger partial charge in [0.2, 0.25) is 0 Å². The van der Waals surface area contributed by atoms with Gasteiger partial charge >= 0.3 is 5.97 Å². The van der Waals surface area contributed by atoms with Crippen LogP contribution < -0.4 is 0 Å². The van der Waals surface area contributed by atoms with Crippen LogP contribution in [0.3, 0.4) is 0 Å². The summed E-state index contributed by atoms with van der Waals surface area (Å²) in [7, 11) is 2.14. The van der Waals surface area contributed by atoms with Crippen LogP contribution in [0.5, 0.6) is 0 Å². The molecule has 0 bridgehead atoms. The Labute approximate surface area is 112 Å². The van der Waals surface area contributed by atoms with Crippen molar-refractivity contribution in [2.24, 2.45) is 7.05 Å². The van der Waals surface area contributed by atoms with Crippen molar-refractivity contribution in [3.8, 4) is 0 Å². The van der Waals surface area contributed by atoms with Crippen molar-refractivity contribution in [1.29, 1.82) is 0 Å². The van der Waals surface area contributed by atoms with Gasteiger partial charge in [-0.05, 0) is 12.8 Å². The van der Waals surface area contributed by atoms with Gasteiger partial charge in [0.25, 0.3) is 0 Å². The molecule has 0 N–H and O–H groups in total. The molecule has 19 heavy (non-hydrogen) atoms. The maximum atomic E-state index is 11.7. The Balaban J connectivity index is 1.59. The van der Waals surface area contributed by atoms with E-state index in [9.17, 15) is 4.79 Å². The van der Waals surface area contributed by atoms with Gasteiger partial charge in [0.15, 0.2) is 0 Å². The molecule has 0 unspecified atom stereocenters. The second-order valence-electron chi connectivity index (χ2n) is 5.89. The van der Waals surface area contributed by atoms with Crippen molar-refractivity contribution in [3.05, 3.63) is 17.2 Å². The van der Waals surface area contributed by atoms with Crippen LogP contribution in [0.25, 0.3) is 0 Å². The first-order valence-electron chi connectivity index (χ1n) is 7.19. The van der Waals surface area contributed by atoms with E-state index in [2.05, 4.69) is 16.5 Å². The summed E-state index contributed by atoms with van der Waals surface area (Å²) in [5.41, 5.74) is 2.54. The molecule has 1 saturated heterocycles. The molecule has 4 rings (SSSR count). The summed E-state index contributed by atoms with van der Waals surface area (Å²) < 4.78 is 7.37. The Kier molecular flexibility index (Phi) is 2.45.